The molecule has 0 aromatic carbocycles. The highest BCUT2D eigenvalue weighted by Crippen LogP contribution is 2.42. The molecule has 8 nitrogen and oxygen atoms in total. The lowest BCUT2D eigenvalue weighted by atomic mass is 9.73. The van der Waals surface area contributed by atoms with Crippen LogP contribution in [0.3, 0.4) is 0 Å². The Kier molecular flexibility index (Phi) is 5.52. The van der Waals surface area contributed by atoms with Crippen LogP contribution in [0, 0.1) is 11.8 Å². The Labute approximate surface area is 148 Å². The largest absolute Gasteiger partial charge is 0.391 e. The molecule has 0 radical (unpaired) electrons. The van der Waals surface area contributed by atoms with E-state index < -0.39 is 72.4 Å². The summed E-state index contributed by atoms with van der Waals surface area (Å²) >= 11 is 0. The van der Waals surface area contributed by atoms with Crippen molar-refractivity contribution in [1.29, 1.82) is 0 Å². The standard InChI is InChI=1S/C15H27NO7SSi/c1-8(17)13-12-11(9(18)7-10(19)14(12)20)15(21)16(13)24(22,23)5-6-25(2,3)4/h8,10-14,17,19-20H,5-7H2,1-4H3/t8-,10-,11?,12-,13+,14+/m1/s1. The van der Waals surface area contributed by atoms with E-state index in [-0.39, 0.29) is 5.75 Å². The van der Waals surface area contributed by atoms with Gasteiger partial charge in [-0.3, -0.25) is 9.59 Å². The Bertz CT molecular complexity index is 657. The van der Waals surface area contributed by atoms with Crippen LogP contribution in [0.5, 0.6) is 0 Å². The molecule has 1 heterocycles. The Hall–Kier alpha value is -0.813. The van der Waals surface area contributed by atoms with Crippen molar-refractivity contribution >= 4 is 29.8 Å². The Balaban J connectivity index is 2.43. The third-order valence-electron chi connectivity index (χ3n) is 4.98. The van der Waals surface area contributed by atoms with Gasteiger partial charge in [-0.15, -0.1) is 0 Å². The summed E-state index contributed by atoms with van der Waals surface area (Å²) in [5.41, 5.74) is 0. The maximum absolute atomic E-state index is 12.8. The second-order valence-corrected chi connectivity index (χ2v) is 15.9. The van der Waals surface area contributed by atoms with Crippen molar-refractivity contribution in [2.75, 3.05) is 5.75 Å². The molecule has 1 unspecified atom stereocenters. The van der Waals surface area contributed by atoms with E-state index in [1.165, 1.54) is 6.92 Å². The van der Waals surface area contributed by atoms with Gasteiger partial charge in [-0.05, 0) is 13.0 Å². The van der Waals surface area contributed by atoms with Crippen LogP contribution in [0.25, 0.3) is 0 Å². The van der Waals surface area contributed by atoms with E-state index in [1.807, 2.05) is 19.6 Å². The second-order valence-electron chi connectivity index (χ2n) is 8.28. The van der Waals surface area contributed by atoms with E-state index in [9.17, 15) is 33.3 Å². The molecule has 2 fully saturated rings. The van der Waals surface area contributed by atoms with Gasteiger partial charge in [-0.25, -0.2) is 12.7 Å². The summed E-state index contributed by atoms with van der Waals surface area (Å²) in [4.78, 5) is 24.9. The van der Waals surface area contributed by atoms with Crippen LogP contribution in [-0.4, -0.2) is 77.9 Å². The van der Waals surface area contributed by atoms with E-state index >= 15 is 0 Å². The van der Waals surface area contributed by atoms with Gasteiger partial charge in [0, 0.05) is 20.4 Å². The Morgan fingerprint density at radius 2 is 1.80 bits per heavy atom. The van der Waals surface area contributed by atoms with Crippen LogP contribution in [0.2, 0.25) is 25.7 Å². The van der Waals surface area contributed by atoms with E-state index in [0.717, 1.165) is 0 Å². The molecule has 0 aromatic rings. The maximum atomic E-state index is 12.8. The minimum absolute atomic E-state index is 0.246. The number of hydrogen-bond donors (Lipinski definition) is 3. The van der Waals surface area contributed by atoms with Gasteiger partial charge in [0.1, 0.15) is 11.7 Å². The van der Waals surface area contributed by atoms with Crippen molar-refractivity contribution < 1.29 is 33.3 Å². The van der Waals surface area contributed by atoms with Crippen molar-refractivity contribution in [2.24, 2.45) is 11.8 Å². The zero-order valence-electron chi connectivity index (χ0n) is 14.9. The number of Topliss-reactive ketones (excluding diaryl/α,β-unsaturated/α-hetero) is 1. The molecule has 6 atom stereocenters. The smallest absolute Gasteiger partial charge is 0.247 e. The highest BCUT2D eigenvalue weighted by molar-refractivity contribution is 7.89. The summed E-state index contributed by atoms with van der Waals surface area (Å²) in [6, 6.07) is -0.821. The van der Waals surface area contributed by atoms with Crippen LogP contribution in [0.1, 0.15) is 13.3 Å². The number of nitrogens with zero attached hydrogens (tertiary/aromatic N) is 1. The number of amides is 1. The normalized spacial score (nSPS) is 35.0. The van der Waals surface area contributed by atoms with Gasteiger partial charge in [0.25, 0.3) is 0 Å². The third-order valence-corrected chi connectivity index (χ3v) is 8.84. The molecular formula is C15H27NO7SSi. The number of rotatable bonds is 5. The second kappa shape index (κ2) is 6.73. The summed E-state index contributed by atoms with van der Waals surface area (Å²) in [5, 5.41) is 30.2. The fourth-order valence-corrected chi connectivity index (χ4v) is 8.39. The van der Waals surface area contributed by atoms with Crippen molar-refractivity contribution in [3.05, 3.63) is 0 Å². The molecular weight excluding hydrogens is 366 g/mol. The quantitative estimate of drug-likeness (QED) is 0.410. The SMILES string of the molecule is C[C@@H](O)[C@H]1[C@H]2C(C(=O)C[C@@H](O)[C@@H]2O)C(=O)N1S(=O)(=O)CC[Si](C)(C)C. The number of hydrogen-bond acceptors (Lipinski definition) is 7. The minimum atomic E-state index is -4.05. The molecule has 144 valence electrons. The lowest BCUT2D eigenvalue weighted by Gasteiger charge is -2.36. The number of fused-ring (bicyclic) bond motifs is 1. The van der Waals surface area contributed by atoms with Gasteiger partial charge in [0.2, 0.25) is 15.9 Å². The molecule has 1 saturated heterocycles. The Morgan fingerprint density at radius 3 is 2.28 bits per heavy atom. The van der Waals surface area contributed by atoms with Crippen molar-refractivity contribution in [2.45, 2.75) is 63.4 Å². The zero-order chi connectivity index (χ0) is 19.3. The molecule has 1 aliphatic heterocycles. The summed E-state index contributed by atoms with van der Waals surface area (Å²) in [6.45, 7) is 7.33. The maximum Gasteiger partial charge on any atom is 0.247 e. The fourth-order valence-electron chi connectivity index (χ4n) is 3.64. The van der Waals surface area contributed by atoms with E-state index in [0.29, 0.717) is 10.3 Å². The number of carbonyl (C=O) groups excluding carboxylic acids is 2. The topological polar surface area (TPSA) is 132 Å². The van der Waals surface area contributed by atoms with Crippen molar-refractivity contribution in [3.8, 4) is 0 Å². The van der Waals surface area contributed by atoms with E-state index in [4.69, 9.17) is 0 Å². The highest BCUT2D eigenvalue weighted by Gasteiger charge is 2.62. The van der Waals surface area contributed by atoms with Gasteiger partial charge in [-0.2, -0.15) is 0 Å². The van der Waals surface area contributed by atoms with Crippen LogP contribution < -0.4 is 0 Å². The van der Waals surface area contributed by atoms with Gasteiger partial charge < -0.3 is 15.3 Å². The third kappa shape index (κ3) is 3.82. The first-order valence-corrected chi connectivity index (χ1v) is 13.7. The summed E-state index contributed by atoms with van der Waals surface area (Å²) in [6.07, 6.45) is -4.48. The Morgan fingerprint density at radius 1 is 1.24 bits per heavy atom. The zero-order valence-corrected chi connectivity index (χ0v) is 16.7. The number of aliphatic hydroxyl groups excluding tert-OH is 3. The van der Waals surface area contributed by atoms with Crippen LogP contribution in [0.15, 0.2) is 0 Å². The summed E-state index contributed by atoms with van der Waals surface area (Å²) < 4.78 is 26.2. The lowest BCUT2D eigenvalue weighted by molar-refractivity contribution is -0.145. The van der Waals surface area contributed by atoms with E-state index in [1.54, 1.807) is 0 Å². The first-order valence-electron chi connectivity index (χ1n) is 8.41. The van der Waals surface area contributed by atoms with E-state index in [2.05, 4.69) is 0 Å². The number of aliphatic hydroxyl groups is 3. The molecule has 1 aliphatic carbocycles. The lowest BCUT2D eigenvalue weighted by Crippen LogP contribution is -2.53. The highest BCUT2D eigenvalue weighted by atomic mass is 32.2. The summed E-state index contributed by atoms with van der Waals surface area (Å²) in [7, 11) is -5.75. The molecule has 0 aromatic heterocycles. The van der Waals surface area contributed by atoms with Crippen LogP contribution in [-0.2, 0) is 19.6 Å². The fraction of sp³-hybridized carbons (Fsp3) is 0.867. The van der Waals surface area contributed by atoms with Crippen LogP contribution >= 0.6 is 0 Å². The monoisotopic (exact) mass is 393 g/mol. The van der Waals surface area contributed by atoms with Gasteiger partial charge in [0.05, 0.1) is 30.1 Å². The average Bonchev–Trinajstić information content (AvgIpc) is 2.77. The number of sulfonamides is 1. The van der Waals surface area contributed by atoms with Gasteiger partial charge >= 0.3 is 0 Å². The average molecular weight is 394 g/mol. The molecule has 0 spiro atoms. The molecule has 1 amide bonds. The molecule has 0 bridgehead atoms. The van der Waals surface area contributed by atoms with Crippen LogP contribution in [0.4, 0.5) is 0 Å². The van der Waals surface area contributed by atoms with Crippen molar-refractivity contribution in [1.82, 2.24) is 4.31 Å². The molecule has 2 aliphatic rings. The van der Waals surface area contributed by atoms with Crippen molar-refractivity contribution in [3.63, 3.8) is 0 Å². The number of carbonyl (C=O) groups is 2. The predicted molar refractivity (Wildman–Crippen MR) is 92.9 cm³/mol. The minimum Gasteiger partial charge on any atom is -0.391 e. The molecule has 10 heteroatoms. The molecule has 1 saturated carbocycles. The number of ketones is 1. The molecule has 2 rings (SSSR count). The molecule has 25 heavy (non-hydrogen) atoms. The predicted octanol–water partition coefficient (Wildman–Crippen LogP) is -0.827. The van der Waals surface area contributed by atoms with Gasteiger partial charge in [-0.1, -0.05) is 19.6 Å². The summed E-state index contributed by atoms with van der Waals surface area (Å²) in [5.74, 6) is -4.21. The molecule has 3 N–H and O–H groups in total. The first-order chi connectivity index (χ1) is 11.3. The van der Waals surface area contributed by atoms with Gasteiger partial charge in [0.15, 0.2) is 0 Å². The first kappa shape index (κ1) is 20.5.